The van der Waals surface area contributed by atoms with E-state index in [1.54, 1.807) is 6.20 Å². The summed E-state index contributed by atoms with van der Waals surface area (Å²) in [4.78, 5) is 19.3. The highest BCUT2D eigenvalue weighted by molar-refractivity contribution is 5.78. The molecule has 5 heteroatoms. The molecule has 0 spiro atoms. The first-order valence-corrected chi connectivity index (χ1v) is 9.36. The molecular formula is C21H25N3O2. The van der Waals surface area contributed by atoms with Gasteiger partial charge >= 0.3 is 0 Å². The van der Waals surface area contributed by atoms with Gasteiger partial charge in [0.1, 0.15) is 0 Å². The number of aliphatic hydroxyl groups excluding tert-OH is 1. The molecule has 2 aliphatic rings. The third kappa shape index (κ3) is 3.79. The van der Waals surface area contributed by atoms with Gasteiger partial charge in [-0.25, -0.2) is 0 Å². The molecule has 2 heterocycles. The van der Waals surface area contributed by atoms with Crippen LogP contribution < -0.4 is 5.32 Å². The Morgan fingerprint density at radius 1 is 1.19 bits per heavy atom. The number of rotatable bonds is 5. The molecule has 0 unspecified atom stereocenters. The standard InChI is InChI=1S/C21H25N3O2/c25-18-11-17(12-18)21(19-7-3-4-9-22-19)23-20(26)14-24-10-8-15-5-1-2-6-16(15)13-24/h1-7,9,17-18,21,25H,8,10-14H2,(H,23,26)/t17?,18?,21-/m0/s1. The third-order valence-electron chi connectivity index (χ3n) is 5.52. The van der Waals surface area contributed by atoms with Crippen molar-refractivity contribution >= 4 is 5.91 Å². The lowest BCUT2D eigenvalue weighted by atomic mass is 9.76. The Bertz CT molecular complexity index is 759. The Hall–Kier alpha value is -2.24. The van der Waals surface area contributed by atoms with E-state index in [2.05, 4.69) is 39.5 Å². The lowest BCUT2D eigenvalue weighted by Gasteiger charge is -2.38. The van der Waals surface area contributed by atoms with Crippen molar-refractivity contribution in [2.45, 2.75) is 38.0 Å². The Kier molecular flexibility index (Phi) is 5.00. The summed E-state index contributed by atoms with van der Waals surface area (Å²) in [5, 5.41) is 12.8. The number of fused-ring (bicyclic) bond motifs is 1. The van der Waals surface area contributed by atoms with Gasteiger partial charge in [0.05, 0.1) is 24.4 Å². The monoisotopic (exact) mass is 351 g/mol. The zero-order valence-electron chi connectivity index (χ0n) is 14.8. The normalized spacial score (nSPS) is 23.6. The second-order valence-corrected chi connectivity index (χ2v) is 7.41. The highest BCUT2D eigenvalue weighted by Gasteiger charge is 2.36. The number of carbonyl (C=O) groups excluding carboxylic acids is 1. The van der Waals surface area contributed by atoms with Crippen molar-refractivity contribution in [3.8, 4) is 0 Å². The average molecular weight is 351 g/mol. The molecule has 0 saturated heterocycles. The number of hydrogen-bond acceptors (Lipinski definition) is 4. The first-order chi connectivity index (χ1) is 12.7. The number of carbonyl (C=O) groups is 1. The molecule has 1 atom stereocenters. The molecule has 2 aromatic rings. The maximum Gasteiger partial charge on any atom is 0.234 e. The Morgan fingerprint density at radius 3 is 2.69 bits per heavy atom. The molecule has 0 radical (unpaired) electrons. The van der Waals surface area contributed by atoms with Crippen molar-refractivity contribution in [3.63, 3.8) is 0 Å². The van der Waals surface area contributed by atoms with Gasteiger partial charge in [-0.15, -0.1) is 0 Å². The van der Waals surface area contributed by atoms with Crippen LogP contribution in [0.1, 0.15) is 35.7 Å². The van der Waals surface area contributed by atoms with Crippen LogP contribution in [0.2, 0.25) is 0 Å². The van der Waals surface area contributed by atoms with Gasteiger partial charge < -0.3 is 10.4 Å². The van der Waals surface area contributed by atoms with Gasteiger partial charge in [-0.1, -0.05) is 30.3 Å². The van der Waals surface area contributed by atoms with Gasteiger partial charge in [-0.2, -0.15) is 0 Å². The number of benzene rings is 1. The second-order valence-electron chi connectivity index (χ2n) is 7.41. The summed E-state index contributed by atoms with van der Waals surface area (Å²) >= 11 is 0. The summed E-state index contributed by atoms with van der Waals surface area (Å²) in [6.07, 6.45) is 3.94. The number of hydrogen-bond donors (Lipinski definition) is 2. The van der Waals surface area contributed by atoms with Crippen molar-refractivity contribution in [3.05, 3.63) is 65.5 Å². The summed E-state index contributed by atoms with van der Waals surface area (Å²) < 4.78 is 0. The third-order valence-corrected chi connectivity index (χ3v) is 5.52. The number of nitrogens with zero attached hydrogens (tertiary/aromatic N) is 2. The minimum absolute atomic E-state index is 0.0291. The maximum atomic E-state index is 12.7. The fourth-order valence-corrected chi connectivity index (χ4v) is 4.01. The number of nitrogens with one attached hydrogen (secondary N) is 1. The maximum absolute atomic E-state index is 12.7. The Morgan fingerprint density at radius 2 is 1.96 bits per heavy atom. The highest BCUT2D eigenvalue weighted by atomic mass is 16.3. The van der Waals surface area contributed by atoms with Crippen LogP contribution in [-0.2, 0) is 17.8 Å². The summed E-state index contributed by atoms with van der Waals surface area (Å²) in [7, 11) is 0. The molecule has 136 valence electrons. The molecule has 5 nitrogen and oxygen atoms in total. The lowest BCUT2D eigenvalue weighted by Crippen LogP contribution is -2.45. The summed E-state index contributed by atoms with van der Waals surface area (Å²) in [5.74, 6) is 0.285. The summed E-state index contributed by atoms with van der Waals surface area (Å²) in [6.45, 7) is 2.12. The molecule has 1 aromatic heterocycles. The number of pyridine rings is 1. The van der Waals surface area contributed by atoms with E-state index < -0.39 is 0 Å². The fourth-order valence-electron chi connectivity index (χ4n) is 4.01. The van der Waals surface area contributed by atoms with E-state index in [9.17, 15) is 9.90 Å². The molecule has 4 rings (SSSR count). The van der Waals surface area contributed by atoms with Gasteiger partial charge in [-0.3, -0.25) is 14.7 Å². The fraction of sp³-hybridized carbons (Fsp3) is 0.429. The summed E-state index contributed by atoms with van der Waals surface area (Å²) in [5.41, 5.74) is 3.58. The van der Waals surface area contributed by atoms with Crippen molar-refractivity contribution < 1.29 is 9.90 Å². The molecule has 1 fully saturated rings. The first kappa shape index (κ1) is 17.2. The smallest absolute Gasteiger partial charge is 0.234 e. The van der Waals surface area contributed by atoms with Crippen molar-refractivity contribution in [1.29, 1.82) is 0 Å². The van der Waals surface area contributed by atoms with Crippen LogP contribution in [-0.4, -0.2) is 40.1 Å². The molecule has 1 aliphatic heterocycles. The highest BCUT2D eigenvalue weighted by Crippen LogP contribution is 2.37. The topological polar surface area (TPSA) is 65.5 Å². The minimum Gasteiger partial charge on any atom is -0.393 e. The predicted molar refractivity (Wildman–Crippen MR) is 99.3 cm³/mol. The zero-order chi connectivity index (χ0) is 17.9. The van der Waals surface area contributed by atoms with E-state index in [1.807, 2.05) is 18.2 Å². The SMILES string of the molecule is O=C(CN1CCc2ccccc2C1)N[C@H](c1ccccn1)C1CC(O)C1. The lowest BCUT2D eigenvalue weighted by molar-refractivity contribution is -0.124. The van der Waals surface area contributed by atoms with Crippen LogP contribution in [0.15, 0.2) is 48.7 Å². The van der Waals surface area contributed by atoms with Gasteiger partial charge in [0.25, 0.3) is 0 Å². The largest absolute Gasteiger partial charge is 0.393 e. The first-order valence-electron chi connectivity index (χ1n) is 9.36. The number of aromatic nitrogens is 1. The molecule has 2 N–H and O–H groups in total. The predicted octanol–water partition coefficient (Wildman–Crippen LogP) is 2.07. The van der Waals surface area contributed by atoms with Crippen LogP contribution in [0.3, 0.4) is 0 Å². The van der Waals surface area contributed by atoms with E-state index in [1.165, 1.54) is 11.1 Å². The summed E-state index contributed by atoms with van der Waals surface area (Å²) in [6, 6.07) is 14.1. The molecule has 1 aliphatic carbocycles. The van der Waals surface area contributed by atoms with E-state index in [-0.39, 0.29) is 24.0 Å². The molecule has 1 aromatic carbocycles. The quantitative estimate of drug-likeness (QED) is 0.865. The van der Waals surface area contributed by atoms with Crippen LogP contribution in [0.25, 0.3) is 0 Å². The van der Waals surface area contributed by atoms with Crippen LogP contribution in [0.4, 0.5) is 0 Å². The van der Waals surface area contributed by atoms with Crippen LogP contribution >= 0.6 is 0 Å². The minimum atomic E-state index is -0.248. The van der Waals surface area contributed by atoms with Crippen LogP contribution in [0.5, 0.6) is 0 Å². The zero-order valence-corrected chi connectivity index (χ0v) is 14.8. The molecule has 1 saturated carbocycles. The van der Waals surface area contributed by atoms with Gasteiger partial charge in [0.2, 0.25) is 5.91 Å². The second kappa shape index (κ2) is 7.56. The van der Waals surface area contributed by atoms with Gasteiger partial charge in [0, 0.05) is 19.3 Å². The Labute approximate surface area is 154 Å². The molecule has 0 bridgehead atoms. The average Bonchev–Trinajstić information content (AvgIpc) is 2.64. The molecule has 1 amide bonds. The van der Waals surface area contributed by atoms with Gasteiger partial charge in [0.15, 0.2) is 0 Å². The van der Waals surface area contributed by atoms with E-state index in [0.717, 1.165) is 38.0 Å². The Balaban J connectivity index is 1.39. The molecular weight excluding hydrogens is 326 g/mol. The van der Waals surface area contributed by atoms with Gasteiger partial charge in [-0.05, 0) is 48.4 Å². The van der Waals surface area contributed by atoms with E-state index in [4.69, 9.17) is 0 Å². The van der Waals surface area contributed by atoms with E-state index in [0.29, 0.717) is 6.54 Å². The van der Waals surface area contributed by atoms with Crippen LogP contribution in [0, 0.1) is 5.92 Å². The molecule has 26 heavy (non-hydrogen) atoms. The number of aliphatic hydroxyl groups is 1. The number of amides is 1. The van der Waals surface area contributed by atoms with Crippen molar-refractivity contribution in [2.24, 2.45) is 5.92 Å². The van der Waals surface area contributed by atoms with Crippen molar-refractivity contribution in [1.82, 2.24) is 15.2 Å². The van der Waals surface area contributed by atoms with Crippen molar-refractivity contribution in [2.75, 3.05) is 13.1 Å². The van der Waals surface area contributed by atoms with E-state index >= 15 is 0 Å².